The molecule has 0 atom stereocenters. The minimum atomic E-state index is -4.63. The predicted octanol–water partition coefficient (Wildman–Crippen LogP) is 2.51. The summed E-state index contributed by atoms with van der Waals surface area (Å²) in [6.07, 6.45) is -1.32. The van der Waals surface area contributed by atoms with Crippen molar-refractivity contribution in [2.24, 2.45) is 7.05 Å². The summed E-state index contributed by atoms with van der Waals surface area (Å²) in [4.78, 5) is 15.9. The third-order valence-corrected chi connectivity index (χ3v) is 3.14. The molecule has 2 aromatic rings. The van der Waals surface area contributed by atoms with Gasteiger partial charge < -0.3 is 10.6 Å². The summed E-state index contributed by atoms with van der Waals surface area (Å²) < 4.78 is 39.3. The van der Waals surface area contributed by atoms with Crippen LogP contribution in [-0.2, 0) is 19.6 Å². The van der Waals surface area contributed by atoms with E-state index in [0.717, 1.165) is 22.1 Å². The molecule has 0 saturated carbocycles. The number of nitrogens with one attached hydrogen (secondary N) is 2. The van der Waals surface area contributed by atoms with Crippen molar-refractivity contribution in [1.82, 2.24) is 20.1 Å². The highest BCUT2D eigenvalue weighted by Crippen LogP contribution is 2.33. The van der Waals surface area contributed by atoms with E-state index in [1.165, 1.54) is 7.05 Å². The Hall–Kier alpha value is -2.58. The maximum absolute atomic E-state index is 12.8. The summed E-state index contributed by atoms with van der Waals surface area (Å²) in [7, 11) is 1.35. The lowest BCUT2D eigenvalue weighted by molar-refractivity contribution is -0.140. The van der Waals surface area contributed by atoms with Gasteiger partial charge in [-0.1, -0.05) is 6.07 Å². The molecule has 0 aliphatic rings. The number of aromatic nitrogens is 3. The van der Waals surface area contributed by atoms with Gasteiger partial charge in [-0.15, -0.1) is 0 Å². The van der Waals surface area contributed by atoms with Crippen LogP contribution in [0.25, 0.3) is 0 Å². The summed E-state index contributed by atoms with van der Waals surface area (Å²) in [6, 6.07) is 2.95. The van der Waals surface area contributed by atoms with Crippen molar-refractivity contribution in [1.29, 1.82) is 0 Å². The number of carbonyl (C=O) groups is 1. The predicted molar refractivity (Wildman–Crippen MR) is 77.9 cm³/mol. The van der Waals surface area contributed by atoms with E-state index in [-0.39, 0.29) is 12.2 Å². The number of pyridine rings is 1. The van der Waals surface area contributed by atoms with Crippen molar-refractivity contribution >= 4 is 11.7 Å². The maximum Gasteiger partial charge on any atom is 0.437 e. The number of alkyl halides is 3. The van der Waals surface area contributed by atoms with Crippen LogP contribution in [0, 0.1) is 6.92 Å². The van der Waals surface area contributed by atoms with Crippen molar-refractivity contribution < 1.29 is 18.0 Å². The average molecular weight is 327 g/mol. The van der Waals surface area contributed by atoms with E-state index in [0.29, 0.717) is 6.42 Å². The first-order valence-electron chi connectivity index (χ1n) is 6.83. The molecule has 2 amide bonds. The highest BCUT2D eigenvalue weighted by atomic mass is 19.4. The summed E-state index contributed by atoms with van der Waals surface area (Å²) in [5.74, 6) is 0. The number of nitrogens with zero attached hydrogens (tertiary/aromatic N) is 3. The van der Waals surface area contributed by atoms with Crippen LogP contribution in [0.3, 0.4) is 0 Å². The summed E-state index contributed by atoms with van der Waals surface area (Å²) in [5.41, 5.74) is 0.305. The van der Waals surface area contributed by atoms with Crippen LogP contribution in [0.5, 0.6) is 0 Å². The van der Waals surface area contributed by atoms with Gasteiger partial charge in [-0.2, -0.15) is 18.3 Å². The van der Waals surface area contributed by atoms with E-state index in [9.17, 15) is 18.0 Å². The van der Waals surface area contributed by atoms with E-state index in [4.69, 9.17) is 0 Å². The molecule has 2 aromatic heterocycles. The van der Waals surface area contributed by atoms with Crippen LogP contribution in [0.4, 0.5) is 23.7 Å². The standard InChI is InChI=1S/C14H16F3N5O/c1-9-10(4-3-6-18-9)5-7-19-13(23)20-11-8-22(2)21-12(11)14(15,16)17/h3-4,6,8H,5,7H2,1-2H3,(H2,19,20,23). The Kier molecular flexibility index (Phi) is 4.87. The molecule has 0 saturated heterocycles. The second kappa shape index (κ2) is 6.67. The number of anilines is 1. The van der Waals surface area contributed by atoms with Crippen LogP contribution in [0.2, 0.25) is 0 Å². The van der Waals surface area contributed by atoms with Crippen LogP contribution >= 0.6 is 0 Å². The fourth-order valence-corrected chi connectivity index (χ4v) is 2.05. The lowest BCUT2D eigenvalue weighted by atomic mass is 10.1. The first-order chi connectivity index (χ1) is 10.8. The SMILES string of the molecule is Cc1ncccc1CCNC(=O)Nc1cn(C)nc1C(F)(F)F. The van der Waals surface area contributed by atoms with Gasteiger partial charge in [0, 0.05) is 31.7 Å². The zero-order valence-corrected chi connectivity index (χ0v) is 12.6. The van der Waals surface area contributed by atoms with Crippen molar-refractivity contribution in [2.45, 2.75) is 19.5 Å². The molecule has 9 heteroatoms. The lowest BCUT2D eigenvalue weighted by Crippen LogP contribution is -2.31. The van der Waals surface area contributed by atoms with Gasteiger partial charge in [-0.3, -0.25) is 9.67 Å². The van der Waals surface area contributed by atoms with Crippen LogP contribution in [0.15, 0.2) is 24.5 Å². The fourth-order valence-electron chi connectivity index (χ4n) is 2.05. The molecule has 0 aliphatic carbocycles. The Balaban J connectivity index is 1.92. The van der Waals surface area contributed by atoms with Gasteiger partial charge in [0.25, 0.3) is 0 Å². The molecular formula is C14H16F3N5O. The van der Waals surface area contributed by atoms with Crippen LogP contribution < -0.4 is 10.6 Å². The van der Waals surface area contributed by atoms with Gasteiger partial charge in [0.2, 0.25) is 0 Å². The van der Waals surface area contributed by atoms with Crippen molar-refractivity contribution in [2.75, 3.05) is 11.9 Å². The molecule has 0 radical (unpaired) electrons. The zero-order chi connectivity index (χ0) is 17.0. The topological polar surface area (TPSA) is 71.8 Å². The molecule has 23 heavy (non-hydrogen) atoms. The van der Waals surface area contributed by atoms with Gasteiger partial charge in [0.05, 0.1) is 5.69 Å². The number of hydrogen-bond donors (Lipinski definition) is 2. The summed E-state index contributed by atoms with van der Waals surface area (Å²) in [5, 5.41) is 8.00. The zero-order valence-electron chi connectivity index (χ0n) is 12.6. The highest BCUT2D eigenvalue weighted by molar-refractivity contribution is 5.89. The molecule has 0 unspecified atom stereocenters. The monoisotopic (exact) mass is 327 g/mol. The minimum Gasteiger partial charge on any atom is -0.338 e. The van der Waals surface area contributed by atoms with Gasteiger partial charge in [-0.05, 0) is 25.0 Å². The number of carbonyl (C=O) groups excluding carboxylic acids is 1. The molecule has 2 N–H and O–H groups in total. The maximum atomic E-state index is 12.8. The van der Waals surface area contributed by atoms with E-state index >= 15 is 0 Å². The number of halogens is 3. The first kappa shape index (κ1) is 16.8. The molecule has 0 spiro atoms. The molecular weight excluding hydrogens is 311 g/mol. The minimum absolute atomic E-state index is 0.278. The lowest BCUT2D eigenvalue weighted by Gasteiger charge is -2.09. The Labute approximate surface area is 130 Å². The van der Waals surface area contributed by atoms with Gasteiger partial charge in [-0.25, -0.2) is 4.79 Å². The van der Waals surface area contributed by atoms with Crippen LogP contribution in [0.1, 0.15) is 17.0 Å². The quantitative estimate of drug-likeness (QED) is 0.906. The number of aryl methyl sites for hydroxylation is 2. The van der Waals surface area contributed by atoms with E-state index in [2.05, 4.69) is 20.7 Å². The number of rotatable bonds is 4. The van der Waals surface area contributed by atoms with Gasteiger partial charge >= 0.3 is 12.2 Å². The summed E-state index contributed by atoms with van der Waals surface area (Å²) in [6.45, 7) is 2.13. The molecule has 0 bridgehead atoms. The Morgan fingerprint density at radius 2 is 2.13 bits per heavy atom. The Morgan fingerprint density at radius 1 is 1.39 bits per heavy atom. The number of amides is 2. The molecule has 124 valence electrons. The Bertz CT molecular complexity index is 696. The van der Waals surface area contributed by atoms with Gasteiger partial charge in [0.1, 0.15) is 0 Å². The van der Waals surface area contributed by atoms with E-state index < -0.39 is 17.9 Å². The smallest absolute Gasteiger partial charge is 0.338 e. The largest absolute Gasteiger partial charge is 0.437 e. The fraction of sp³-hybridized carbons (Fsp3) is 0.357. The number of urea groups is 1. The van der Waals surface area contributed by atoms with Crippen molar-refractivity contribution in [3.05, 3.63) is 41.5 Å². The molecule has 0 fully saturated rings. The normalized spacial score (nSPS) is 11.3. The second-order valence-electron chi connectivity index (χ2n) is 4.94. The van der Waals surface area contributed by atoms with Crippen molar-refractivity contribution in [3.8, 4) is 0 Å². The molecule has 2 rings (SSSR count). The van der Waals surface area contributed by atoms with Crippen molar-refractivity contribution in [3.63, 3.8) is 0 Å². The van der Waals surface area contributed by atoms with Gasteiger partial charge in [0.15, 0.2) is 5.69 Å². The van der Waals surface area contributed by atoms with Crippen LogP contribution in [-0.4, -0.2) is 27.3 Å². The average Bonchev–Trinajstić information content (AvgIpc) is 2.82. The Morgan fingerprint density at radius 3 is 2.78 bits per heavy atom. The molecule has 0 aliphatic heterocycles. The first-order valence-corrected chi connectivity index (χ1v) is 6.83. The third-order valence-electron chi connectivity index (χ3n) is 3.14. The molecule has 6 nitrogen and oxygen atoms in total. The molecule has 0 aromatic carbocycles. The second-order valence-corrected chi connectivity index (χ2v) is 4.94. The molecule has 2 heterocycles. The third kappa shape index (κ3) is 4.44. The highest BCUT2D eigenvalue weighted by Gasteiger charge is 2.37. The van der Waals surface area contributed by atoms with E-state index in [1.807, 2.05) is 13.0 Å². The summed E-state index contributed by atoms with van der Waals surface area (Å²) >= 11 is 0. The number of hydrogen-bond acceptors (Lipinski definition) is 3. The van der Waals surface area contributed by atoms with E-state index in [1.54, 1.807) is 12.3 Å².